The van der Waals surface area contributed by atoms with Crippen LogP contribution in [0.3, 0.4) is 0 Å². The fourth-order valence-electron chi connectivity index (χ4n) is 1.02. The Kier molecular flexibility index (Phi) is 5.76. The molecule has 0 heterocycles. The van der Waals surface area contributed by atoms with Gasteiger partial charge in [-0.1, -0.05) is 6.92 Å². The molecule has 1 N–H and O–H groups in total. The van der Waals surface area contributed by atoms with E-state index in [-0.39, 0.29) is 0 Å². The lowest BCUT2D eigenvalue weighted by Gasteiger charge is -2.25. The summed E-state index contributed by atoms with van der Waals surface area (Å²) in [7, 11) is -2.00. The Hall–Kier alpha value is 0.0969. The maximum absolute atomic E-state index is 5.52. The van der Waals surface area contributed by atoms with Crippen LogP contribution in [0.25, 0.3) is 0 Å². The van der Waals surface area contributed by atoms with Crippen molar-refractivity contribution in [2.75, 3.05) is 19.8 Å². The van der Waals surface area contributed by atoms with Crippen molar-refractivity contribution in [1.82, 2.24) is 4.98 Å². The van der Waals surface area contributed by atoms with E-state index >= 15 is 0 Å². The first-order valence-electron chi connectivity index (χ1n) is 4.21. The van der Waals surface area contributed by atoms with Gasteiger partial charge in [0.2, 0.25) is 0 Å². The zero-order chi connectivity index (χ0) is 8.74. The topological polar surface area (TPSA) is 30.5 Å². The lowest BCUT2D eigenvalue weighted by Crippen LogP contribution is -2.53. The molecule has 0 radical (unpaired) electrons. The molecule has 68 valence electrons. The third-order valence-electron chi connectivity index (χ3n) is 1.34. The van der Waals surface area contributed by atoms with Crippen LogP contribution >= 0.6 is 0 Å². The van der Waals surface area contributed by atoms with E-state index < -0.39 is 8.72 Å². The summed E-state index contributed by atoms with van der Waals surface area (Å²) in [5, 5.41) is 0. The van der Waals surface area contributed by atoms with Crippen molar-refractivity contribution in [3.05, 3.63) is 0 Å². The normalized spacial score (nSPS) is 12.0. The molecule has 0 spiro atoms. The molecule has 0 aliphatic rings. The molecule has 0 aliphatic carbocycles. The quantitative estimate of drug-likeness (QED) is 0.619. The summed E-state index contributed by atoms with van der Waals surface area (Å²) in [5.74, 6) is 0. The molecule has 0 unspecified atom stereocenters. The largest absolute Gasteiger partial charge is 0.421 e. The van der Waals surface area contributed by atoms with Crippen molar-refractivity contribution in [3.8, 4) is 0 Å². The van der Waals surface area contributed by atoms with Crippen molar-refractivity contribution in [2.24, 2.45) is 0 Å². The van der Waals surface area contributed by atoms with Gasteiger partial charge in [-0.25, -0.2) is 0 Å². The Morgan fingerprint density at radius 2 is 1.55 bits per heavy atom. The number of hydrogen-bond acceptors (Lipinski definition) is 3. The van der Waals surface area contributed by atoms with Gasteiger partial charge in [-0.3, -0.25) is 4.98 Å². The van der Waals surface area contributed by atoms with Crippen LogP contribution in [0.15, 0.2) is 0 Å². The SMILES string of the molecule is CCN[Si](C)(OCC)OCC. The van der Waals surface area contributed by atoms with Gasteiger partial charge in [0.05, 0.1) is 0 Å². The fraction of sp³-hybridized carbons (Fsp3) is 1.00. The predicted molar refractivity (Wildman–Crippen MR) is 48.5 cm³/mol. The van der Waals surface area contributed by atoms with E-state index in [2.05, 4.69) is 11.9 Å². The molecule has 0 aromatic rings. The Morgan fingerprint density at radius 1 is 1.09 bits per heavy atom. The molecule has 0 amide bonds. The first-order valence-corrected chi connectivity index (χ1v) is 6.53. The summed E-state index contributed by atoms with van der Waals surface area (Å²) in [6, 6.07) is 0. The van der Waals surface area contributed by atoms with Crippen LogP contribution in [0.5, 0.6) is 0 Å². The summed E-state index contributed by atoms with van der Waals surface area (Å²) in [4.78, 5) is 3.26. The molecular formula is C7H19NO2Si. The van der Waals surface area contributed by atoms with Crippen LogP contribution in [-0.2, 0) is 8.85 Å². The molecule has 4 heteroatoms. The van der Waals surface area contributed by atoms with Crippen molar-refractivity contribution in [1.29, 1.82) is 0 Å². The Balaban J connectivity index is 3.79. The molecule has 0 aromatic carbocycles. The van der Waals surface area contributed by atoms with Gasteiger partial charge >= 0.3 is 8.72 Å². The highest BCUT2D eigenvalue weighted by Crippen LogP contribution is 2.01. The Labute approximate surface area is 70.4 Å². The molecule has 11 heavy (non-hydrogen) atoms. The average Bonchev–Trinajstić information content (AvgIpc) is 1.88. The van der Waals surface area contributed by atoms with Gasteiger partial charge in [0.15, 0.2) is 0 Å². The van der Waals surface area contributed by atoms with Crippen molar-refractivity contribution >= 4 is 8.72 Å². The molecule has 0 saturated heterocycles. The first kappa shape index (κ1) is 11.1. The third kappa shape index (κ3) is 4.52. The molecular weight excluding hydrogens is 158 g/mol. The van der Waals surface area contributed by atoms with Crippen LogP contribution in [0.2, 0.25) is 6.55 Å². The van der Waals surface area contributed by atoms with Gasteiger partial charge in [0.1, 0.15) is 0 Å². The highest BCUT2D eigenvalue weighted by atomic mass is 28.4. The number of hydrogen-bond donors (Lipinski definition) is 1. The van der Waals surface area contributed by atoms with Gasteiger partial charge in [0, 0.05) is 13.2 Å². The van der Waals surface area contributed by atoms with E-state index in [9.17, 15) is 0 Å². The summed E-state index contributed by atoms with van der Waals surface area (Å²) in [5.41, 5.74) is 0. The van der Waals surface area contributed by atoms with E-state index in [4.69, 9.17) is 8.85 Å². The predicted octanol–water partition coefficient (Wildman–Crippen LogP) is 1.24. The van der Waals surface area contributed by atoms with Gasteiger partial charge in [-0.05, 0) is 26.9 Å². The second kappa shape index (κ2) is 5.71. The lowest BCUT2D eigenvalue weighted by atomic mass is 10.8. The second-order valence-corrected chi connectivity index (χ2v) is 5.16. The molecule has 0 saturated carbocycles. The fourth-order valence-corrected chi connectivity index (χ4v) is 3.05. The first-order chi connectivity index (χ1) is 5.18. The highest BCUT2D eigenvalue weighted by Gasteiger charge is 2.29. The van der Waals surface area contributed by atoms with Gasteiger partial charge < -0.3 is 8.85 Å². The third-order valence-corrected chi connectivity index (χ3v) is 4.01. The standard InChI is InChI=1S/C7H19NO2Si/c1-5-8-11(4,9-6-2)10-7-3/h8H,5-7H2,1-4H3. The molecule has 0 rings (SSSR count). The van der Waals surface area contributed by atoms with Crippen molar-refractivity contribution in [2.45, 2.75) is 27.3 Å². The lowest BCUT2D eigenvalue weighted by molar-refractivity contribution is 0.178. The molecule has 0 fully saturated rings. The molecule has 0 bridgehead atoms. The summed E-state index contributed by atoms with van der Waals surface area (Å²) in [6.45, 7) is 10.4. The summed E-state index contributed by atoms with van der Waals surface area (Å²) < 4.78 is 11.0. The van der Waals surface area contributed by atoms with Gasteiger partial charge in [-0.15, -0.1) is 0 Å². The maximum Gasteiger partial charge on any atom is 0.421 e. The molecule has 0 atom stereocenters. The zero-order valence-electron chi connectivity index (χ0n) is 7.94. The van der Waals surface area contributed by atoms with Crippen molar-refractivity contribution < 1.29 is 8.85 Å². The van der Waals surface area contributed by atoms with Gasteiger partial charge in [-0.2, -0.15) is 0 Å². The zero-order valence-corrected chi connectivity index (χ0v) is 8.94. The van der Waals surface area contributed by atoms with Crippen LogP contribution in [0.1, 0.15) is 20.8 Å². The van der Waals surface area contributed by atoms with E-state index in [1.165, 1.54) is 0 Å². The summed E-state index contributed by atoms with van der Waals surface area (Å²) >= 11 is 0. The molecule has 0 aliphatic heterocycles. The Bertz CT molecular complexity index is 83.4. The van der Waals surface area contributed by atoms with Crippen LogP contribution in [0.4, 0.5) is 0 Å². The Morgan fingerprint density at radius 3 is 1.82 bits per heavy atom. The van der Waals surface area contributed by atoms with E-state index in [0.717, 1.165) is 19.8 Å². The van der Waals surface area contributed by atoms with E-state index in [1.54, 1.807) is 0 Å². The second-order valence-electron chi connectivity index (χ2n) is 2.34. The van der Waals surface area contributed by atoms with Crippen LogP contribution in [-0.4, -0.2) is 28.5 Å². The van der Waals surface area contributed by atoms with E-state index in [1.807, 2.05) is 20.4 Å². The minimum atomic E-state index is -2.00. The number of nitrogens with one attached hydrogen (secondary N) is 1. The monoisotopic (exact) mass is 177 g/mol. The van der Waals surface area contributed by atoms with Crippen molar-refractivity contribution in [3.63, 3.8) is 0 Å². The molecule has 0 aromatic heterocycles. The van der Waals surface area contributed by atoms with Crippen LogP contribution in [0, 0.1) is 0 Å². The van der Waals surface area contributed by atoms with Gasteiger partial charge in [0.25, 0.3) is 0 Å². The summed E-state index contributed by atoms with van der Waals surface area (Å²) in [6.07, 6.45) is 0. The molecule has 3 nitrogen and oxygen atoms in total. The average molecular weight is 177 g/mol. The minimum absolute atomic E-state index is 0.718. The smallest absolute Gasteiger partial charge is 0.383 e. The minimum Gasteiger partial charge on any atom is -0.383 e. The maximum atomic E-state index is 5.52. The number of rotatable bonds is 6. The highest BCUT2D eigenvalue weighted by molar-refractivity contribution is 6.63. The van der Waals surface area contributed by atoms with E-state index in [0.29, 0.717) is 0 Å². The van der Waals surface area contributed by atoms with Crippen LogP contribution < -0.4 is 4.98 Å².